The first-order valence-corrected chi connectivity index (χ1v) is 8.88. The van der Waals surface area contributed by atoms with E-state index in [2.05, 4.69) is 42.2 Å². The topological polar surface area (TPSA) is 50.8 Å². The summed E-state index contributed by atoms with van der Waals surface area (Å²) in [4.78, 5) is 7.08. The Bertz CT molecular complexity index is 529. The fourth-order valence-corrected chi connectivity index (χ4v) is 3.82. The third-order valence-corrected chi connectivity index (χ3v) is 5.36. The highest BCUT2D eigenvalue weighted by atomic mass is 127. The van der Waals surface area contributed by atoms with E-state index in [1.165, 1.54) is 18.4 Å². The number of hydrogen-bond donors (Lipinski definition) is 1. The number of nitrogens with zero attached hydrogens (tertiary/aromatic N) is 2. The van der Waals surface area contributed by atoms with Gasteiger partial charge in [-0.05, 0) is 37.2 Å². The van der Waals surface area contributed by atoms with Crippen LogP contribution in [0.25, 0.3) is 0 Å². The van der Waals surface area contributed by atoms with Crippen LogP contribution in [-0.4, -0.2) is 43.7 Å². The molecule has 1 unspecified atom stereocenters. The van der Waals surface area contributed by atoms with E-state index in [1.807, 2.05) is 0 Å². The molecule has 5 heteroatoms. The summed E-state index contributed by atoms with van der Waals surface area (Å²) in [5.74, 6) is 1.43. The van der Waals surface area contributed by atoms with Crippen LogP contribution >= 0.6 is 24.0 Å². The van der Waals surface area contributed by atoms with E-state index in [9.17, 15) is 0 Å². The molecule has 1 atom stereocenters. The largest absolute Gasteiger partial charge is 0.381 e. The number of hydrogen-bond acceptors (Lipinski definition) is 2. The molecule has 2 heterocycles. The molecule has 24 heavy (non-hydrogen) atoms. The molecule has 0 saturated carbocycles. The lowest BCUT2D eigenvalue weighted by molar-refractivity contribution is 0.0530. The number of piperidine rings is 1. The third kappa shape index (κ3) is 4.63. The highest BCUT2D eigenvalue weighted by molar-refractivity contribution is 14.0. The Labute approximate surface area is 162 Å². The smallest absolute Gasteiger partial charge is 0.191 e. The van der Waals surface area contributed by atoms with Crippen LogP contribution in [0.5, 0.6) is 0 Å². The lowest BCUT2D eigenvalue weighted by atomic mass is 9.74. The van der Waals surface area contributed by atoms with Gasteiger partial charge in [0.05, 0.1) is 6.54 Å². The number of rotatable bonds is 3. The lowest BCUT2D eigenvalue weighted by Crippen LogP contribution is -2.45. The molecule has 0 aromatic heterocycles. The zero-order valence-electron chi connectivity index (χ0n) is 14.6. The molecule has 2 aliphatic heterocycles. The van der Waals surface area contributed by atoms with Gasteiger partial charge in [0, 0.05) is 31.7 Å². The standard InChI is InChI=1S/C19H29N3O.HI/c1-16-6-5-11-22(14-16)18(20)21-15-19(9-12-23-13-10-19)17-7-3-2-4-8-17;/h2-4,7-8,16H,5-6,9-15H2,1H3,(H2,20,21);1H. The predicted molar refractivity (Wildman–Crippen MR) is 110 cm³/mol. The first-order valence-electron chi connectivity index (χ1n) is 8.88. The molecular weight excluding hydrogens is 413 g/mol. The molecule has 0 radical (unpaired) electrons. The molecule has 2 aliphatic rings. The molecule has 0 spiro atoms. The molecule has 1 aromatic carbocycles. The van der Waals surface area contributed by atoms with Gasteiger partial charge in [0.25, 0.3) is 0 Å². The fraction of sp³-hybridized carbons (Fsp3) is 0.632. The van der Waals surface area contributed by atoms with E-state index in [0.29, 0.717) is 5.92 Å². The zero-order chi connectivity index (χ0) is 16.1. The maximum Gasteiger partial charge on any atom is 0.191 e. The summed E-state index contributed by atoms with van der Waals surface area (Å²) in [7, 11) is 0. The van der Waals surface area contributed by atoms with Crippen molar-refractivity contribution in [3.63, 3.8) is 0 Å². The van der Waals surface area contributed by atoms with Crippen LogP contribution in [0.15, 0.2) is 35.3 Å². The van der Waals surface area contributed by atoms with Crippen molar-refractivity contribution in [1.82, 2.24) is 4.90 Å². The van der Waals surface area contributed by atoms with Crippen molar-refractivity contribution >= 4 is 29.9 Å². The van der Waals surface area contributed by atoms with Gasteiger partial charge in [0.15, 0.2) is 5.96 Å². The Balaban J connectivity index is 0.00000208. The SMILES string of the molecule is CC1CCCN(C(N)=NCC2(c3ccccc3)CCOCC2)C1.I. The predicted octanol–water partition coefficient (Wildman–Crippen LogP) is 3.40. The minimum Gasteiger partial charge on any atom is -0.381 e. The van der Waals surface area contributed by atoms with Crippen LogP contribution in [0, 0.1) is 5.92 Å². The van der Waals surface area contributed by atoms with Gasteiger partial charge in [0.1, 0.15) is 0 Å². The zero-order valence-corrected chi connectivity index (χ0v) is 16.9. The Morgan fingerprint density at radius 1 is 1.29 bits per heavy atom. The van der Waals surface area contributed by atoms with Gasteiger partial charge >= 0.3 is 0 Å². The van der Waals surface area contributed by atoms with Crippen LogP contribution in [-0.2, 0) is 10.2 Å². The first-order chi connectivity index (χ1) is 11.2. The molecule has 2 N–H and O–H groups in total. The highest BCUT2D eigenvalue weighted by Crippen LogP contribution is 2.35. The van der Waals surface area contributed by atoms with E-state index in [-0.39, 0.29) is 29.4 Å². The Kier molecular flexibility index (Phi) is 7.34. The molecule has 4 nitrogen and oxygen atoms in total. The van der Waals surface area contributed by atoms with E-state index in [0.717, 1.165) is 51.6 Å². The van der Waals surface area contributed by atoms with Crippen LogP contribution in [0.1, 0.15) is 38.2 Å². The summed E-state index contributed by atoms with van der Waals surface area (Å²) in [6, 6.07) is 10.8. The highest BCUT2D eigenvalue weighted by Gasteiger charge is 2.34. The van der Waals surface area contributed by atoms with E-state index in [1.54, 1.807) is 0 Å². The summed E-state index contributed by atoms with van der Waals surface area (Å²) in [5.41, 5.74) is 7.75. The normalized spacial score (nSPS) is 24.3. The summed E-state index contributed by atoms with van der Waals surface area (Å²) >= 11 is 0. The number of likely N-dealkylation sites (tertiary alicyclic amines) is 1. The molecule has 134 valence electrons. The monoisotopic (exact) mass is 443 g/mol. The molecule has 1 aromatic rings. The molecular formula is C19H30IN3O. The van der Waals surface area contributed by atoms with Crippen LogP contribution < -0.4 is 5.73 Å². The van der Waals surface area contributed by atoms with Gasteiger partial charge < -0.3 is 15.4 Å². The number of benzene rings is 1. The average molecular weight is 443 g/mol. The van der Waals surface area contributed by atoms with Gasteiger partial charge in [-0.3, -0.25) is 4.99 Å². The number of halogens is 1. The van der Waals surface area contributed by atoms with Gasteiger partial charge in [-0.25, -0.2) is 0 Å². The van der Waals surface area contributed by atoms with Crippen molar-refractivity contribution < 1.29 is 4.74 Å². The van der Waals surface area contributed by atoms with Gasteiger partial charge in [-0.1, -0.05) is 37.3 Å². The summed E-state index contributed by atoms with van der Waals surface area (Å²) in [6.07, 6.45) is 4.55. The van der Waals surface area contributed by atoms with Crippen molar-refractivity contribution in [3.05, 3.63) is 35.9 Å². The molecule has 2 fully saturated rings. The molecule has 0 aliphatic carbocycles. The third-order valence-electron chi connectivity index (χ3n) is 5.36. The van der Waals surface area contributed by atoms with Gasteiger partial charge in [-0.2, -0.15) is 0 Å². The van der Waals surface area contributed by atoms with Gasteiger partial charge in [0.2, 0.25) is 0 Å². The maximum absolute atomic E-state index is 6.31. The fourth-order valence-electron chi connectivity index (χ4n) is 3.82. The quantitative estimate of drug-likeness (QED) is 0.443. The Morgan fingerprint density at radius 2 is 2.00 bits per heavy atom. The molecule has 0 amide bonds. The minimum absolute atomic E-state index is 0. The second-order valence-electron chi connectivity index (χ2n) is 7.13. The average Bonchev–Trinajstić information content (AvgIpc) is 2.61. The van der Waals surface area contributed by atoms with Gasteiger partial charge in [-0.15, -0.1) is 24.0 Å². The number of aliphatic imine (C=N–C) groups is 1. The van der Waals surface area contributed by atoms with E-state index in [4.69, 9.17) is 15.5 Å². The van der Waals surface area contributed by atoms with Crippen molar-refractivity contribution in [2.45, 2.75) is 38.0 Å². The number of nitrogens with two attached hydrogens (primary N) is 1. The summed E-state index contributed by atoms with van der Waals surface area (Å²) in [6.45, 7) is 6.76. The second kappa shape index (κ2) is 9.04. The number of guanidine groups is 1. The van der Waals surface area contributed by atoms with Crippen molar-refractivity contribution in [1.29, 1.82) is 0 Å². The lowest BCUT2D eigenvalue weighted by Gasteiger charge is -2.37. The summed E-state index contributed by atoms with van der Waals surface area (Å²) in [5, 5.41) is 0. The molecule has 0 bridgehead atoms. The molecule has 3 rings (SSSR count). The van der Waals surface area contributed by atoms with Crippen molar-refractivity contribution in [2.75, 3.05) is 32.8 Å². The number of ether oxygens (including phenoxy) is 1. The minimum atomic E-state index is 0. The van der Waals surface area contributed by atoms with Crippen molar-refractivity contribution in [2.24, 2.45) is 16.6 Å². The second-order valence-corrected chi connectivity index (χ2v) is 7.13. The van der Waals surface area contributed by atoms with E-state index >= 15 is 0 Å². The van der Waals surface area contributed by atoms with Crippen LogP contribution in [0.4, 0.5) is 0 Å². The Hall–Kier alpha value is -0.820. The van der Waals surface area contributed by atoms with E-state index < -0.39 is 0 Å². The summed E-state index contributed by atoms with van der Waals surface area (Å²) < 4.78 is 5.59. The van der Waals surface area contributed by atoms with Crippen LogP contribution in [0.2, 0.25) is 0 Å². The van der Waals surface area contributed by atoms with Crippen molar-refractivity contribution in [3.8, 4) is 0 Å². The maximum atomic E-state index is 6.31. The van der Waals surface area contributed by atoms with Crippen LogP contribution in [0.3, 0.4) is 0 Å². The first kappa shape index (κ1) is 19.5. The Morgan fingerprint density at radius 3 is 2.67 bits per heavy atom. The molecule has 2 saturated heterocycles.